The first-order chi connectivity index (χ1) is 9.00. The molecule has 0 saturated carbocycles. The SMILES string of the molecule is CCNC(C)(CCCCSCC(O)CO)C(=O)OC. The van der Waals surface area contributed by atoms with Gasteiger partial charge in [-0.25, -0.2) is 0 Å². The number of aliphatic hydroxyl groups is 2. The van der Waals surface area contributed by atoms with Gasteiger partial charge in [0.15, 0.2) is 0 Å². The Kier molecular flexibility index (Phi) is 10.3. The number of unbranched alkanes of at least 4 members (excludes halogenated alkanes) is 1. The number of rotatable bonds is 11. The molecule has 0 saturated heterocycles. The lowest BCUT2D eigenvalue weighted by Crippen LogP contribution is -2.50. The van der Waals surface area contributed by atoms with Crippen molar-refractivity contribution >= 4 is 17.7 Å². The zero-order chi connectivity index (χ0) is 14.7. The maximum atomic E-state index is 11.7. The molecule has 0 aromatic carbocycles. The molecule has 5 nitrogen and oxygen atoms in total. The summed E-state index contributed by atoms with van der Waals surface area (Å²) in [5, 5.41) is 21.0. The minimum absolute atomic E-state index is 0.187. The number of carbonyl (C=O) groups is 1. The molecule has 0 bridgehead atoms. The van der Waals surface area contributed by atoms with Gasteiger partial charge >= 0.3 is 5.97 Å². The second-order valence-electron chi connectivity index (χ2n) is 4.72. The molecule has 6 heteroatoms. The normalized spacial score (nSPS) is 15.8. The van der Waals surface area contributed by atoms with E-state index in [2.05, 4.69) is 5.32 Å². The molecule has 3 N–H and O–H groups in total. The highest BCUT2D eigenvalue weighted by molar-refractivity contribution is 7.99. The van der Waals surface area contributed by atoms with E-state index < -0.39 is 11.6 Å². The summed E-state index contributed by atoms with van der Waals surface area (Å²) in [4.78, 5) is 11.7. The lowest BCUT2D eigenvalue weighted by atomic mass is 9.95. The third-order valence-corrected chi connectivity index (χ3v) is 4.14. The lowest BCUT2D eigenvalue weighted by Gasteiger charge is -2.27. The van der Waals surface area contributed by atoms with Crippen molar-refractivity contribution in [1.82, 2.24) is 5.32 Å². The average molecular weight is 293 g/mol. The number of ether oxygens (including phenoxy) is 1. The van der Waals surface area contributed by atoms with Crippen molar-refractivity contribution in [3.63, 3.8) is 0 Å². The van der Waals surface area contributed by atoms with E-state index in [0.29, 0.717) is 5.75 Å². The molecule has 0 heterocycles. The van der Waals surface area contributed by atoms with Gasteiger partial charge in [0.25, 0.3) is 0 Å². The van der Waals surface area contributed by atoms with Crippen LogP contribution in [-0.4, -0.2) is 59.6 Å². The van der Waals surface area contributed by atoms with Crippen LogP contribution in [0.4, 0.5) is 0 Å². The molecular formula is C13H27NO4S. The van der Waals surface area contributed by atoms with Crippen LogP contribution >= 0.6 is 11.8 Å². The number of methoxy groups -OCH3 is 1. The summed E-state index contributed by atoms with van der Waals surface area (Å²) >= 11 is 1.62. The van der Waals surface area contributed by atoms with Crippen LogP contribution in [0.2, 0.25) is 0 Å². The molecule has 0 aromatic heterocycles. The lowest BCUT2D eigenvalue weighted by molar-refractivity contribution is -0.148. The molecule has 0 aliphatic rings. The Hall–Kier alpha value is -0.300. The average Bonchev–Trinajstić information content (AvgIpc) is 2.41. The van der Waals surface area contributed by atoms with Crippen molar-refractivity contribution in [2.24, 2.45) is 0 Å². The second-order valence-corrected chi connectivity index (χ2v) is 5.87. The molecular weight excluding hydrogens is 266 g/mol. The second kappa shape index (κ2) is 10.5. The van der Waals surface area contributed by atoms with Gasteiger partial charge in [0.2, 0.25) is 0 Å². The third-order valence-electron chi connectivity index (χ3n) is 2.94. The van der Waals surface area contributed by atoms with Gasteiger partial charge < -0.3 is 20.3 Å². The van der Waals surface area contributed by atoms with Gasteiger partial charge in [0, 0.05) is 5.75 Å². The fourth-order valence-electron chi connectivity index (χ4n) is 1.83. The Balaban J connectivity index is 3.85. The van der Waals surface area contributed by atoms with E-state index in [1.54, 1.807) is 11.8 Å². The Labute approximate surface area is 120 Å². The minimum Gasteiger partial charge on any atom is -0.468 e. The number of hydrogen-bond donors (Lipinski definition) is 3. The van der Waals surface area contributed by atoms with E-state index in [0.717, 1.165) is 31.6 Å². The molecule has 114 valence electrons. The van der Waals surface area contributed by atoms with Crippen LogP contribution in [0.25, 0.3) is 0 Å². The van der Waals surface area contributed by atoms with Crippen molar-refractivity contribution in [3.05, 3.63) is 0 Å². The molecule has 2 atom stereocenters. The summed E-state index contributed by atoms with van der Waals surface area (Å²) in [6, 6.07) is 0. The Morgan fingerprint density at radius 3 is 2.68 bits per heavy atom. The van der Waals surface area contributed by atoms with Crippen LogP contribution in [-0.2, 0) is 9.53 Å². The van der Waals surface area contributed by atoms with Gasteiger partial charge in [0.1, 0.15) is 5.54 Å². The number of nitrogens with one attached hydrogen (secondary N) is 1. The van der Waals surface area contributed by atoms with Gasteiger partial charge in [-0.15, -0.1) is 0 Å². The predicted molar refractivity (Wildman–Crippen MR) is 78.4 cm³/mol. The van der Waals surface area contributed by atoms with Crippen LogP contribution < -0.4 is 5.32 Å². The summed E-state index contributed by atoms with van der Waals surface area (Å²) in [6.07, 6.45) is 1.99. The van der Waals surface area contributed by atoms with Crippen LogP contribution in [0.15, 0.2) is 0 Å². The zero-order valence-corrected chi connectivity index (χ0v) is 13.0. The standard InChI is InChI=1S/C13H27NO4S/c1-4-14-13(2,12(17)18-3)7-5-6-8-19-10-11(16)9-15/h11,14-16H,4-10H2,1-3H3. The number of aliphatic hydroxyl groups excluding tert-OH is 2. The van der Waals surface area contributed by atoms with Gasteiger partial charge in [-0.2, -0.15) is 11.8 Å². The molecule has 0 aliphatic carbocycles. The highest BCUT2D eigenvalue weighted by Gasteiger charge is 2.32. The minimum atomic E-state index is -0.632. The van der Waals surface area contributed by atoms with E-state index in [-0.39, 0.29) is 12.6 Å². The Morgan fingerprint density at radius 1 is 1.47 bits per heavy atom. The third kappa shape index (κ3) is 7.77. The molecule has 0 aliphatic heterocycles. The molecule has 0 radical (unpaired) electrons. The van der Waals surface area contributed by atoms with Crippen molar-refractivity contribution in [2.75, 3.05) is 31.8 Å². The van der Waals surface area contributed by atoms with Gasteiger partial charge in [0.05, 0.1) is 19.8 Å². The predicted octanol–water partition coefficient (Wildman–Crippen LogP) is 0.784. The first-order valence-corrected chi connectivity index (χ1v) is 7.85. The fraction of sp³-hybridized carbons (Fsp3) is 0.923. The van der Waals surface area contributed by atoms with Crippen molar-refractivity contribution in [1.29, 1.82) is 0 Å². The quantitative estimate of drug-likeness (QED) is 0.386. The maximum Gasteiger partial charge on any atom is 0.325 e. The van der Waals surface area contributed by atoms with E-state index in [9.17, 15) is 9.90 Å². The largest absolute Gasteiger partial charge is 0.468 e. The summed E-state index contributed by atoms with van der Waals surface area (Å²) in [5.41, 5.74) is -0.612. The number of carbonyl (C=O) groups excluding carboxylic acids is 1. The number of likely N-dealkylation sites (N-methyl/N-ethyl adjacent to an activating group) is 1. The first kappa shape index (κ1) is 18.7. The van der Waals surface area contributed by atoms with Gasteiger partial charge in [-0.3, -0.25) is 4.79 Å². The molecule has 0 amide bonds. The fourth-order valence-corrected chi connectivity index (χ4v) is 2.79. The maximum absolute atomic E-state index is 11.7. The summed E-state index contributed by atoms with van der Waals surface area (Å²) < 4.78 is 4.82. The van der Waals surface area contributed by atoms with Crippen LogP contribution in [0.3, 0.4) is 0 Å². The van der Waals surface area contributed by atoms with Crippen LogP contribution in [0.5, 0.6) is 0 Å². The summed E-state index contributed by atoms with van der Waals surface area (Å²) in [6.45, 7) is 4.37. The zero-order valence-electron chi connectivity index (χ0n) is 12.1. The van der Waals surface area contributed by atoms with E-state index >= 15 is 0 Å². The number of esters is 1. The molecule has 0 aromatic rings. The van der Waals surface area contributed by atoms with E-state index in [1.807, 2.05) is 13.8 Å². The van der Waals surface area contributed by atoms with E-state index in [1.165, 1.54) is 7.11 Å². The Morgan fingerprint density at radius 2 is 2.16 bits per heavy atom. The molecule has 19 heavy (non-hydrogen) atoms. The van der Waals surface area contributed by atoms with Crippen molar-refractivity contribution in [2.45, 2.75) is 44.8 Å². The van der Waals surface area contributed by atoms with Crippen LogP contribution in [0, 0.1) is 0 Å². The van der Waals surface area contributed by atoms with Crippen molar-refractivity contribution < 1.29 is 19.7 Å². The summed E-state index contributed by atoms with van der Waals surface area (Å²) in [7, 11) is 1.41. The van der Waals surface area contributed by atoms with Gasteiger partial charge in [-0.1, -0.05) is 13.3 Å². The molecule has 0 spiro atoms. The first-order valence-electron chi connectivity index (χ1n) is 6.70. The summed E-state index contributed by atoms with van der Waals surface area (Å²) in [5.74, 6) is 1.25. The molecule has 0 fully saturated rings. The monoisotopic (exact) mass is 293 g/mol. The Bertz CT molecular complexity index is 253. The van der Waals surface area contributed by atoms with Crippen LogP contribution in [0.1, 0.15) is 33.1 Å². The van der Waals surface area contributed by atoms with E-state index in [4.69, 9.17) is 9.84 Å². The van der Waals surface area contributed by atoms with Crippen molar-refractivity contribution in [3.8, 4) is 0 Å². The number of thioether (sulfide) groups is 1. The molecule has 2 unspecified atom stereocenters. The highest BCUT2D eigenvalue weighted by atomic mass is 32.2. The number of hydrogen-bond acceptors (Lipinski definition) is 6. The highest BCUT2D eigenvalue weighted by Crippen LogP contribution is 2.17. The topological polar surface area (TPSA) is 78.8 Å². The molecule has 0 rings (SSSR count). The van der Waals surface area contributed by atoms with Gasteiger partial charge in [-0.05, 0) is 32.1 Å². The smallest absolute Gasteiger partial charge is 0.325 e.